The molecule has 3 N–H and O–H groups in total. The van der Waals surface area contributed by atoms with Crippen LogP contribution >= 0.6 is 0 Å². The van der Waals surface area contributed by atoms with Gasteiger partial charge in [-0.05, 0) is 37.1 Å². The number of benzene rings is 1. The maximum Gasteiger partial charge on any atom is 0.325 e. The second-order valence-corrected chi connectivity index (χ2v) is 7.48. The summed E-state index contributed by atoms with van der Waals surface area (Å²) in [6, 6.07) is 11.6. The first-order valence-corrected chi connectivity index (χ1v) is 9.97. The molecule has 0 radical (unpaired) electrons. The van der Waals surface area contributed by atoms with Gasteiger partial charge in [-0.1, -0.05) is 31.0 Å². The molecule has 2 aliphatic rings. The SMILES string of the molecule is O=C(CN1C(=O)NC2(CCCC2)C1=O)NNC(=O)c1ccc(COc2ccccc2)o1. The molecule has 1 aliphatic heterocycles. The maximum absolute atomic E-state index is 12.6. The highest BCUT2D eigenvalue weighted by atomic mass is 16.5. The van der Waals surface area contributed by atoms with Crippen LogP contribution in [0.25, 0.3) is 0 Å². The number of hydrogen-bond acceptors (Lipinski definition) is 6. The van der Waals surface area contributed by atoms with Gasteiger partial charge in [-0.15, -0.1) is 0 Å². The zero-order valence-electron chi connectivity index (χ0n) is 16.7. The topological polar surface area (TPSA) is 130 Å². The minimum Gasteiger partial charge on any atom is -0.486 e. The van der Waals surface area contributed by atoms with Crippen molar-refractivity contribution < 1.29 is 28.3 Å². The fourth-order valence-corrected chi connectivity index (χ4v) is 3.76. The van der Waals surface area contributed by atoms with Crippen molar-refractivity contribution in [3.8, 4) is 5.75 Å². The Morgan fingerprint density at radius 1 is 1.06 bits per heavy atom. The molecule has 0 unspecified atom stereocenters. The van der Waals surface area contributed by atoms with E-state index in [4.69, 9.17) is 9.15 Å². The molecule has 1 saturated heterocycles. The maximum atomic E-state index is 12.6. The molecule has 31 heavy (non-hydrogen) atoms. The van der Waals surface area contributed by atoms with Crippen LogP contribution in [0.2, 0.25) is 0 Å². The first kappa shape index (κ1) is 20.5. The molecule has 0 atom stereocenters. The van der Waals surface area contributed by atoms with Crippen LogP contribution in [0.5, 0.6) is 5.75 Å². The van der Waals surface area contributed by atoms with Gasteiger partial charge in [-0.3, -0.25) is 30.1 Å². The highest BCUT2D eigenvalue weighted by Crippen LogP contribution is 2.34. The molecular formula is C21H22N4O6. The second kappa shape index (κ2) is 8.50. The number of nitrogens with one attached hydrogen (secondary N) is 3. The highest BCUT2D eigenvalue weighted by molar-refractivity contribution is 6.09. The monoisotopic (exact) mass is 426 g/mol. The van der Waals surface area contributed by atoms with E-state index < -0.39 is 35.8 Å². The molecule has 2 heterocycles. The lowest BCUT2D eigenvalue weighted by molar-refractivity contribution is -0.135. The van der Waals surface area contributed by atoms with Gasteiger partial charge in [0.2, 0.25) is 0 Å². The van der Waals surface area contributed by atoms with E-state index in [2.05, 4.69) is 16.2 Å². The Hall–Kier alpha value is -3.82. The largest absolute Gasteiger partial charge is 0.486 e. The normalized spacial score (nSPS) is 17.0. The minimum atomic E-state index is -0.882. The Kier molecular flexibility index (Phi) is 5.61. The Morgan fingerprint density at radius 2 is 1.81 bits per heavy atom. The zero-order valence-corrected chi connectivity index (χ0v) is 16.7. The van der Waals surface area contributed by atoms with E-state index in [1.54, 1.807) is 18.2 Å². The molecule has 1 aromatic heterocycles. The molecule has 1 aromatic carbocycles. The first-order chi connectivity index (χ1) is 15.0. The van der Waals surface area contributed by atoms with Gasteiger partial charge < -0.3 is 14.5 Å². The number of hydrogen-bond donors (Lipinski definition) is 3. The fraction of sp³-hybridized carbons (Fsp3) is 0.333. The number of imide groups is 1. The number of rotatable bonds is 6. The van der Waals surface area contributed by atoms with Crippen molar-refractivity contribution in [1.29, 1.82) is 0 Å². The van der Waals surface area contributed by atoms with Crippen molar-refractivity contribution in [2.24, 2.45) is 0 Å². The number of hydrazine groups is 1. The zero-order chi connectivity index (χ0) is 21.8. The number of carbonyl (C=O) groups excluding carboxylic acids is 4. The van der Waals surface area contributed by atoms with E-state index >= 15 is 0 Å². The van der Waals surface area contributed by atoms with Crippen molar-refractivity contribution in [2.45, 2.75) is 37.8 Å². The van der Waals surface area contributed by atoms with E-state index in [0.29, 0.717) is 24.4 Å². The van der Waals surface area contributed by atoms with Gasteiger partial charge in [0.15, 0.2) is 5.76 Å². The van der Waals surface area contributed by atoms with Gasteiger partial charge in [0.1, 0.15) is 30.2 Å². The molecule has 1 spiro atoms. The molecule has 162 valence electrons. The lowest BCUT2D eigenvalue weighted by Crippen LogP contribution is -2.48. The number of para-hydroxylation sites is 1. The van der Waals surface area contributed by atoms with Gasteiger partial charge in [0, 0.05) is 0 Å². The van der Waals surface area contributed by atoms with Crippen LogP contribution < -0.4 is 20.9 Å². The number of urea groups is 1. The summed E-state index contributed by atoms with van der Waals surface area (Å²) in [5.74, 6) is -0.703. The molecule has 5 amide bonds. The van der Waals surface area contributed by atoms with Crippen molar-refractivity contribution in [1.82, 2.24) is 21.1 Å². The minimum absolute atomic E-state index is 0.0214. The average molecular weight is 426 g/mol. The summed E-state index contributed by atoms with van der Waals surface area (Å²) in [7, 11) is 0. The number of carbonyl (C=O) groups is 4. The first-order valence-electron chi connectivity index (χ1n) is 9.97. The molecule has 2 fully saturated rings. The number of amides is 5. The Balaban J connectivity index is 1.25. The molecule has 2 aromatic rings. The van der Waals surface area contributed by atoms with Crippen LogP contribution in [0.4, 0.5) is 4.79 Å². The quantitative estimate of drug-likeness (QED) is 0.474. The summed E-state index contributed by atoms with van der Waals surface area (Å²) >= 11 is 0. The standard InChI is InChI=1S/C21H22N4O6/c26-17(12-25-19(28)21(22-20(25)29)10-4-5-11-21)23-24-18(27)16-9-8-15(31-16)13-30-14-6-2-1-3-7-14/h1-3,6-9H,4-5,10-13H2,(H,22,29)(H,23,26)(H,24,27). The third-order valence-electron chi connectivity index (χ3n) is 5.33. The molecule has 10 heteroatoms. The number of ether oxygens (including phenoxy) is 1. The molecule has 4 rings (SSSR count). The summed E-state index contributed by atoms with van der Waals surface area (Å²) in [6.45, 7) is -0.349. The summed E-state index contributed by atoms with van der Waals surface area (Å²) < 4.78 is 11.0. The number of nitrogens with zero attached hydrogens (tertiary/aromatic N) is 1. The van der Waals surface area contributed by atoms with Crippen LogP contribution in [-0.4, -0.2) is 40.7 Å². The van der Waals surface area contributed by atoms with E-state index in [1.165, 1.54) is 6.07 Å². The molecule has 1 aliphatic carbocycles. The third-order valence-corrected chi connectivity index (χ3v) is 5.33. The predicted octanol–water partition coefficient (Wildman–Crippen LogP) is 1.48. The van der Waals surface area contributed by atoms with Gasteiger partial charge in [0.05, 0.1) is 0 Å². The van der Waals surface area contributed by atoms with Crippen molar-refractivity contribution >= 4 is 23.8 Å². The van der Waals surface area contributed by atoms with Gasteiger partial charge in [-0.2, -0.15) is 0 Å². The van der Waals surface area contributed by atoms with Crippen LogP contribution in [-0.2, 0) is 16.2 Å². The van der Waals surface area contributed by atoms with E-state index in [0.717, 1.165) is 17.7 Å². The highest BCUT2D eigenvalue weighted by Gasteiger charge is 2.52. The van der Waals surface area contributed by atoms with Crippen LogP contribution in [0.3, 0.4) is 0 Å². The lowest BCUT2D eigenvalue weighted by Gasteiger charge is -2.19. The Labute approximate surface area is 177 Å². The average Bonchev–Trinajstić information content (AvgIpc) is 3.49. The smallest absolute Gasteiger partial charge is 0.325 e. The van der Waals surface area contributed by atoms with Crippen molar-refractivity contribution in [3.05, 3.63) is 54.0 Å². The van der Waals surface area contributed by atoms with Gasteiger partial charge in [-0.25, -0.2) is 4.79 Å². The second-order valence-electron chi connectivity index (χ2n) is 7.48. The van der Waals surface area contributed by atoms with Crippen LogP contribution in [0.15, 0.2) is 46.9 Å². The summed E-state index contributed by atoms with van der Waals surface area (Å²) in [5.41, 5.74) is 3.52. The van der Waals surface area contributed by atoms with Crippen molar-refractivity contribution in [3.63, 3.8) is 0 Å². The Bertz CT molecular complexity index is 996. The molecular weight excluding hydrogens is 404 g/mol. The Morgan fingerprint density at radius 3 is 2.55 bits per heavy atom. The fourth-order valence-electron chi connectivity index (χ4n) is 3.76. The lowest BCUT2D eigenvalue weighted by atomic mass is 9.98. The third kappa shape index (κ3) is 4.37. The van der Waals surface area contributed by atoms with Crippen molar-refractivity contribution in [2.75, 3.05) is 6.54 Å². The predicted molar refractivity (Wildman–Crippen MR) is 107 cm³/mol. The van der Waals surface area contributed by atoms with Crippen LogP contribution in [0, 0.1) is 0 Å². The van der Waals surface area contributed by atoms with Crippen LogP contribution in [0.1, 0.15) is 42.0 Å². The van der Waals surface area contributed by atoms with E-state index in [1.807, 2.05) is 18.2 Å². The molecule has 10 nitrogen and oxygen atoms in total. The van der Waals surface area contributed by atoms with E-state index in [-0.39, 0.29) is 12.4 Å². The molecule has 1 saturated carbocycles. The van der Waals surface area contributed by atoms with E-state index in [9.17, 15) is 19.2 Å². The van der Waals surface area contributed by atoms with Gasteiger partial charge >= 0.3 is 11.9 Å². The summed E-state index contributed by atoms with van der Waals surface area (Å²) in [5, 5.41) is 2.69. The summed E-state index contributed by atoms with van der Waals surface area (Å²) in [6.07, 6.45) is 2.84. The molecule has 0 bridgehead atoms. The number of furan rings is 1. The van der Waals surface area contributed by atoms with Gasteiger partial charge in [0.25, 0.3) is 11.8 Å². The summed E-state index contributed by atoms with van der Waals surface area (Å²) in [4.78, 5) is 49.9.